The fourth-order valence-corrected chi connectivity index (χ4v) is 18.5. The van der Waals surface area contributed by atoms with E-state index in [4.69, 9.17) is 18.9 Å². The van der Waals surface area contributed by atoms with Crippen LogP contribution >= 0.6 is 0 Å². The van der Waals surface area contributed by atoms with E-state index >= 15 is 0 Å². The fraction of sp³-hybridized carbons (Fsp3) is 0.0928. The van der Waals surface area contributed by atoms with Gasteiger partial charge in [0.05, 0.1) is 13.2 Å². The largest absolute Gasteiger partial charge is 0.358 e. The van der Waals surface area contributed by atoms with Gasteiger partial charge in [0.15, 0.2) is 5.79 Å². The number of rotatable bonds is 12. The van der Waals surface area contributed by atoms with Crippen molar-refractivity contribution >= 4 is 151 Å². The number of hydrogen-bond acceptors (Lipinski definition) is 4. The van der Waals surface area contributed by atoms with Crippen molar-refractivity contribution in [2.45, 2.75) is 56.3 Å². The van der Waals surface area contributed by atoms with Crippen LogP contribution in [0.5, 0.6) is 0 Å². The molecule has 1 fully saturated rings. The number of benzene rings is 20. The third-order valence-corrected chi connectivity index (χ3v) is 22.7. The summed E-state index contributed by atoms with van der Waals surface area (Å²) in [6, 6.07) is 122. The minimum Gasteiger partial charge on any atom is -0.358 e. The van der Waals surface area contributed by atoms with E-state index in [1.54, 1.807) is 0 Å². The van der Waals surface area contributed by atoms with E-state index in [1.807, 2.05) is 0 Å². The molecule has 0 spiro atoms. The molecule has 20 aromatic carbocycles. The molecule has 2 atom stereocenters. The highest BCUT2D eigenvalue weighted by atomic mass is 16.8. The molecule has 101 heavy (non-hydrogen) atoms. The summed E-state index contributed by atoms with van der Waals surface area (Å²) in [6.45, 7) is 4.56. The number of fused-ring (bicyclic) bond motifs is 12. The first kappa shape index (κ1) is 58.4. The topological polar surface area (TPSA) is 36.9 Å². The van der Waals surface area contributed by atoms with Crippen LogP contribution in [0.25, 0.3) is 151 Å². The summed E-state index contributed by atoms with van der Waals surface area (Å²) in [7, 11) is 0. The predicted octanol–water partition coefficient (Wildman–Crippen LogP) is 24.8. The molecule has 1 aliphatic heterocycles. The van der Waals surface area contributed by atoms with Crippen LogP contribution in [0.1, 0.15) is 47.2 Å². The summed E-state index contributed by atoms with van der Waals surface area (Å²) in [6.07, 6.45) is -2.09. The van der Waals surface area contributed by atoms with Crippen molar-refractivity contribution < 1.29 is 18.9 Å². The molecule has 4 nitrogen and oxygen atoms in total. The molecule has 0 aromatic heterocycles. The molecule has 1 aliphatic rings. The van der Waals surface area contributed by atoms with Gasteiger partial charge in [0.2, 0.25) is 0 Å². The predicted molar refractivity (Wildman–Crippen MR) is 421 cm³/mol. The maximum absolute atomic E-state index is 8.95. The molecular weight excluding hydrogens is 1230 g/mol. The summed E-state index contributed by atoms with van der Waals surface area (Å²) < 4.78 is 34.8. The summed E-state index contributed by atoms with van der Waals surface area (Å²) in [5.41, 5.74) is 2.74. The second-order valence-electron chi connectivity index (χ2n) is 28.5. The van der Waals surface area contributed by atoms with Crippen LogP contribution in [0.3, 0.4) is 0 Å². The van der Waals surface area contributed by atoms with Gasteiger partial charge in [-0.15, -0.1) is 0 Å². The second kappa shape index (κ2) is 22.2. The Hall–Kier alpha value is -11.6. The van der Waals surface area contributed by atoms with Crippen molar-refractivity contribution in [2.75, 3.05) is 0 Å². The average Bonchev–Trinajstić information content (AvgIpc) is 1.38. The first-order valence-corrected chi connectivity index (χ1v) is 35.4. The van der Waals surface area contributed by atoms with Gasteiger partial charge in [0.1, 0.15) is 23.4 Å². The molecule has 2 unspecified atom stereocenters. The van der Waals surface area contributed by atoms with Crippen molar-refractivity contribution in [1.29, 1.82) is 0 Å². The molecule has 0 N–H and O–H groups in total. The Balaban J connectivity index is 0.953. The van der Waals surface area contributed by atoms with E-state index in [0.717, 1.165) is 141 Å². The highest BCUT2D eigenvalue weighted by Crippen LogP contribution is 2.59. The molecule has 0 saturated carbocycles. The molecule has 21 rings (SSSR count). The van der Waals surface area contributed by atoms with E-state index in [0.29, 0.717) is 0 Å². The lowest BCUT2D eigenvalue weighted by atomic mass is 9.68. The smallest absolute Gasteiger partial charge is 0.164 e. The molecule has 0 radical (unpaired) electrons. The van der Waals surface area contributed by atoms with E-state index in [-0.39, 0.29) is 13.2 Å². The van der Waals surface area contributed by atoms with Gasteiger partial charge in [-0.25, -0.2) is 0 Å². The van der Waals surface area contributed by atoms with Crippen molar-refractivity contribution in [3.63, 3.8) is 0 Å². The lowest BCUT2D eigenvalue weighted by Crippen LogP contribution is -2.57. The number of ether oxygens (including phenoxy) is 4. The van der Waals surface area contributed by atoms with Crippen LogP contribution in [-0.4, -0.2) is 18.0 Å². The van der Waals surface area contributed by atoms with E-state index < -0.39 is 29.2 Å². The maximum Gasteiger partial charge on any atom is 0.164 e. The first-order chi connectivity index (χ1) is 49.8. The van der Waals surface area contributed by atoms with E-state index in [2.05, 4.69) is 341 Å². The van der Waals surface area contributed by atoms with Crippen molar-refractivity contribution in [2.24, 2.45) is 0 Å². The molecule has 1 saturated heterocycles. The molecule has 0 bridgehead atoms. The molecule has 0 amide bonds. The van der Waals surface area contributed by atoms with Crippen LogP contribution in [0, 0.1) is 0 Å². The van der Waals surface area contributed by atoms with Crippen LogP contribution in [0.15, 0.2) is 328 Å². The van der Waals surface area contributed by atoms with Gasteiger partial charge >= 0.3 is 0 Å². The second-order valence-corrected chi connectivity index (χ2v) is 28.5. The van der Waals surface area contributed by atoms with E-state index in [1.165, 1.54) is 43.1 Å². The lowest BCUT2D eigenvalue weighted by Gasteiger charge is -2.48. The quantitative estimate of drug-likeness (QED) is 0.114. The van der Waals surface area contributed by atoms with Gasteiger partial charge < -0.3 is 18.9 Å². The SMILES string of the molecule is CC1(C)OC(C(OCc2cc3cccc4ccc5cccc2c5c43)(c2cc3ccccc3c3ccccc23)c2cc3ccccc3c3ccccc23)C(C(OCc2cc3cccc4ccc5cccc2c5c43)(c2cc3ccccc3c3ccccc23)c2cc3ccccc3c3ccccc23)O1. The Morgan fingerprint density at radius 3 is 0.792 bits per heavy atom. The van der Waals surface area contributed by atoms with E-state index in [9.17, 15) is 0 Å². The maximum atomic E-state index is 8.95. The molecule has 1 heterocycles. The highest BCUT2D eigenvalue weighted by Gasteiger charge is 2.65. The minimum atomic E-state index is -1.60. The van der Waals surface area contributed by atoms with Gasteiger partial charge in [0.25, 0.3) is 0 Å². The van der Waals surface area contributed by atoms with Crippen molar-refractivity contribution in [3.05, 3.63) is 361 Å². The minimum absolute atomic E-state index is 0.173. The van der Waals surface area contributed by atoms with Crippen LogP contribution in [0.4, 0.5) is 0 Å². The Morgan fingerprint density at radius 1 is 0.238 bits per heavy atom. The zero-order valence-corrected chi connectivity index (χ0v) is 55.9. The molecule has 4 heteroatoms. The Kier molecular flexibility index (Phi) is 12.8. The lowest BCUT2D eigenvalue weighted by molar-refractivity contribution is -0.182. The standard InChI is InChI=1S/C97H66O4/c1-95(2)100-93(96(85-53-63-23-3-7-33-71(63)77-37-11-15-41-81(77)85,86-54-64-24-4-8-34-72(64)78-38-12-16-42-82(78)86)98-57-69-51-67-31-19-27-59-47-49-61-29-21-45-75(69)91(61)89(59)67)94(101-95)97(87-55-65-25-5-9-35-73(65)79-39-13-17-43-83(79)87,88-56-66-26-6-10-36-74(66)80-40-14-18-44-84(80)88)99-58-70-52-68-32-20-28-60-48-50-62-30-22-46-76(70)92(62)90(60)68/h3-56,93-94H,57-58H2,1-2H3. The molecule has 478 valence electrons. The summed E-state index contributed by atoms with van der Waals surface area (Å²) in [5, 5.41) is 31.8. The average molecular weight is 1300 g/mol. The Bertz CT molecular complexity index is 6160. The van der Waals surface area contributed by atoms with Gasteiger partial charge in [0, 0.05) is 0 Å². The van der Waals surface area contributed by atoms with Crippen LogP contribution < -0.4 is 0 Å². The zero-order valence-electron chi connectivity index (χ0n) is 55.9. The van der Waals surface area contributed by atoms with Gasteiger partial charge in [-0.05, 0) is 234 Å². The number of hydrogen-bond donors (Lipinski definition) is 0. The van der Waals surface area contributed by atoms with Crippen molar-refractivity contribution in [1.82, 2.24) is 0 Å². The van der Waals surface area contributed by atoms with Gasteiger partial charge in [-0.3, -0.25) is 0 Å². The molecular formula is C97H66O4. The van der Waals surface area contributed by atoms with Gasteiger partial charge in [-0.2, -0.15) is 0 Å². The first-order valence-electron chi connectivity index (χ1n) is 35.4. The van der Waals surface area contributed by atoms with Crippen LogP contribution in [0.2, 0.25) is 0 Å². The van der Waals surface area contributed by atoms with Gasteiger partial charge in [-0.1, -0.05) is 291 Å². The van der Waals surface area contributed by atoms with Crippen molar-refractivity contribution in [3.8, 4) is 0 Å². The Morgan fingerprint density at radius 2 is 0.475 bits per heavy atom. The normalized spacial score (nSPS) is 15.4. The van der Waals surface area contributed by atoms with Crippen LogP contribution in [-0.2, 0) is 43.4 Å². The Labute approximate surface area is 583 Å². The molecule has 0 aliphatic carbocycles. The third kappa shape index (κ3) is 8.64. The summed E-state index contributed by atoms with van der Waals surface area (Å²) in [4.78, 5) is 0. The zero-order chi connectivity index (χ0) is 66.7. The monoisotopic (exact) mass is 1290 g/mol. The molecule has 20 aromatic rings. The summed E-state index contributed by atoms with van der Waals surface area (Å²) >= 11 is 0. The third-order valence-electron chi connectivity index (χ3n) is 22.7. The highest BCUT2D eigenvalue weighted by molar-refractivity contribution is 6.25. The fourth-order valence-electron chi connectivity index (χ4n) is 18.5. The summed E-state index contributed by atoms with van der Waals surface area (Å²) in [5.74, 6) is -1.30.